The molecule has 0 unspecified atom stereocenters. The first kappa shape index (κ1) is 15.4. The predicted molar refractivity (Wildman–Crippen MR) is 74.2 cm³/mol. The molecule has 0 aliphatic rings. The summed E-state index contributed by atoms with van der Waals surface area (Å²) >= 11 is 0. The second kappa shape index (κ2) is 7.73. The lowest BCUT2D eigenvalue weighted by Crippen LogP contribution is -2.22. The normalized spacial score (nSPS) is 10.8. The van der Waals surface area contributed by atoms with E-state index in [1.165, 1.54) is 0 Å². The molecule has 19 heavy (non-hydrogen) atoms. The number of rotatable bonds is 8. The lowest BCUT2D eigenvalue weighted by Gasteiger charge is -2.17. The van der Waals surface area contributed by atoms with Crippen LogP contribution < -0.4 is 15.4 Å². The molecule has 0 saturated heterocycles. The van der Waals surface area contributed by atoms with Crippen molar-refractivity contribution in [3.63, 3.8) is 0 Å². The van der Waals surface area contributed by atoms with Gasteiger partial charge in [-0.3, -0.25) is 0 Å². The first-order valence-electron chi connectivity index (χ1n) is 6.53. The number of nitrogens with two attached hydrogens (primary N) is 1. The summed E-state index contributed by atoms with van der Waals surface area (Å²) in [6.45, 7) is 4.83. The summed E-state index contributed by atoms with van der Waals surface area (Å²) in [5, 5.41) is 8.73. The highest BCUT2D eigenvalue weighted by molar-refractivity contribution is 5.34. The van der Waals surface area contributed by atoms with Gasteiger partial charge in [-0.2, -0.15) is 15.0 Å². The molecule has 108 valence electrons. The largest absolute Gasteiger partial charge is 0.461 e. The van der Waals surface area contributed by atoms with E-state index in [1.807, 2.05) is 25.8 Å². The molecular formula is C12H23N5O2. The fourth-order valence-corrected chi connectivity index (χ4v) is 1.53. The Morgan fingerprint density at radius 3 is 2.58 bits per heavy atom. The van der Waals surface area contributed by atoms with Crippen LogP contribution >= 0.6 is 0 Å². The minimum absolute atomic E-state index is 0.00971. The smallest absolute Gasteiger partial charge is 0.323 e. The minimum Gasteiger partial charge on any atom is -0.461 e. The Hall–Kier alpha value is -1.63. The van der Waals surface area contributed by atoms with E-state index >= 15 is 0 Å². The zero-order chi connectivity index (χ0) is 14.3. The van der Waals surface area contributed by atoms with Crippen LogP contribution in [0.5, 0.6) is 6.01 Å². The monoisotopic (exact) mass is 269 g/mol. The van der Waals surface area contributed by atoms with Crippen LogP contribution in [-0.2, 0) is 0 Å². The highest BCUT2D eigenvalue weighted by Crippen LogP contribution is 2.14. The third-order valence-corrected chi connectivity index (χ3v) is 2.45. The Kier molecular flexibility index (Phi) is 6.27. The van der Waals surface area contributed by atoms with Crippen molar-refractivity contribution >= 4 is 11.9 Å². The van der Waals surface area contributed by atoms with Crippen LogP contribution in [-0.4, -0.2) is 46.4 Å². The summed E-state index contributed by atoms with van der Waals surface area (Å²) in [6.07, 6.45) is 2.73. The predicted octanol–water partition coefficient (Wildman–Crippen LogP) is 0.840. The molecule has 7 nitrogen and oxygen atoms in total. The lowest BCUT2D eigenvalue weighted by molar-refractivity contribution is 0.222. The molecule has 0 spiro atoms. The van der Waals surface area contributed by atoms with Gasteiger partial charge in [-0.25, -0.2) is 0 Å². The molecule has 0 amide bonds. The van der Waals surface area contributed by atoms with Gasteiger partial charge >= 0.3 is 6.01 Å². The van der Waals surface area contributed by atoms with Crippen LogP contribution in [0.4, 0.5) is 11.9 Å². The molecule has 0 bridgehead atoms. The molecule has 0 radical (unpaired) electrons. The highest BCUT2D eigenvalue weighted by atomic mass is 16.5. The van der Waals surface area contributed by atoms with Crippen molar-refractivity contribution in [2.75, 3.05) is 30.8 Å². The molecule has 0 aliphatic carbocycles. The van der Waals surface area contributed by atoms with Crippen molar-refractivity contribution in [2.45, 2.75) is 39.2 Å². The molecule has 7 heteroatoms. The molecule has 0 fully saturated rings. The number of nitrogen functional groups attached to an aromatic ring is 1. The zero-order valence-corrected chi connectivity index (χ0v) is 11.8. The van der Waals surface area contributed by atoms with Gasteiger partial charge in [0.05, 0.1) is 6.10 Å². The van der Waals surface area contributed by atoms with E-state index in [9.17, 15) is 0 Å². The fourth-order valence-electron chi connectivity index (χ4n) is 1.53. The molecule has 0 atom stereocenters. The molecule has 1 heterocycles. The summed E-state index contributed by atoms with van der Waals surface area (Å²) < 4.78 is 5.43. The topological polar surface area (TPSA) is 97.4 Å². The maximum atomic E-state index is 8.73. The number of anilines is 2. The molecule has 1 aromatic heterocycles. The Labute approximate surface area is 113 Å². The van der Waals surface area contributed by atoms with Gasteiger partial charge in [-0.1, -0.05) is 0 Å². The van der Waals surface area contributed by atoms with Gasteiger partial charge in [0, 0.05) is 20.2 Å². The van der Waals surface area contributed by atoms with Crippen LogP contribution in [0.1, 0.15) is 33.1 Å². The number of aliphatic hydroxyl groups is 1. The van der Waals surface area contributed by atoms with E-state index in [4.69, 9.17) is 15.6 Å². The van der Waals surface area contributed by atoms with E-state index in [0.717, 1.165) is 25.8 Å². The van der Waals surface area contributed by atoms with Crippen molar-refractivity contribution in [2.24, 2.45) is 0 Å². The number of hydrogen-bond donors (Lipinski definition) is 2. The summed E-state index contributed by atoms with van der Waals surface area (Å²) in [5.74, 6) is 0.662. The molecular weight excluding hydrogens is 246 g/mol. The maximum absolute atomic E-state index is 8.73. The Morgan fingerprint density at radius 2 is 1.95 bits per heavy atom. The third-order valence-electron chi connectivity index (χ3n) is 2.45. The van der Waals surface area contributed by atoms with Crippen molar-refractivity contribution in [3.05, 3.63) is 0 Å². The van der Waals surface area contributed by atoms with E-state index in [-0.39, 0.29) is 24.7 Å². The maximum Gasteiger partial charge on any atom is 0.323 e. The summed E-state index contributed by atoms with van der Waals surface area (Å²) in [7, 11) is 1.90. The average molecular weight is 269 g/mol. The van der Waals surface area contributed by atoms with E-state index in [0.29, 0.717) is 5.95 Å². The van der Waals surface area contributed by atoms with Crippen LogP contribution in [0, 0.1) is 0 Å². The molecule has 1 rings (SSSR count). The molecule has 0 aromatic carbocycles. The van der Waals surface area contributed by atoms with Crippen LogP contribution in [0.15, 0.2) is 0 Å². The van der Waals surface area contributed by atoms with Gasteiger partial charge in [0.2, 0.25) is 11.9 Å². The Balaban J connectivity index is 2.62. The number of aliphatic hydroxyl groups excluding tert-OH is 1. The van der Waals surface area contributed by atoms with E-state index in [1.54, 1.807) is 0 Å². The van der Waals surface area contributed by atoms with E-state index in [2.05, 4.69) is 15.0 Å². The Morgan fingerprint density at radius 1 is 1.21 bits per heavy atom. The number of hydrogen-bond acceptors (Lipinski definition) is 7. The van der Waals surface area contributed by atoms with Crippen molar-refractivity contribution < 1.29 is 9.84 Å². The molecule has 0 saturated carbocycles. The zero-order valence-electron chi connectivity index (χ0n) is 11.8. The average Bonchev–Trinajstić information content (AvgIpc) is 2.32. The summed E-state index contributed by atoms with van der Waals surface area (Å²) in [6, 6.07) is 0.250. The van der Waals surface area contributed by atoms with Gasteiger partial charge in [0.1, 0.15) is 0 Å². The van der Waals surface area contributed by atoms with Crippen molar-refractivity contribution in [1.29, 1.82) is 0 Å². The van der Waals surface area contributed by atoms with Crippen molar-refractivity contribution in [1.82, 2.24) is 15.0 Å². The van der Waals surface area contributed by atoms with Crippen molar-refractivity contribution in [3.8, 4) is 6.01 Å². The van der Waals surface area contributed by atoms with Gasteiger partial charge in [-0.05, 0) is 33.1 Å². The summed E-state index contributed by atoms with van der Waals surface area (Å²) in [4.78, 5) is 14.2. The Bertz CT molecular complexity index is 386. The summed E-state index contributed by atoms with van der Waals surface area (Å²) in [5.41, 5.74) is 5.65. The molecule has 3 N–H and O–H groups in total. The number of nitrogens with zero attached hydrogens (tertiary/aromatic N) is 4. The third kappa shape index (κ3) is 5.69. The number of aromatic nitrogens is 3. The van der Waals surface area contributed by atoms with Gasteiger partial charge in [0.15, 0.2) is 0 Å². The first-order valence-corrected chi connectivity index (χ1v) is 6.53. The van der Waals surface area contributed by atoms with Gasteiger partial charge in [-0.15, -0.1) is 0 Å². The van der Waals surface area contributed by atoms with Gasteiger partial charge in [0.25, 0.3) is 0 Å². The fraction of sp³-hybridized carbons (Fsp3) is 0.750. The van der Waals surface area contributed by atoms with Gasteiger partial charge < -0.3 is 20.5 Å². The number of ether oxygens (including phenoxy) is 1. The first-order chi connectivity index (χ1) is 9.02. The lowest BCUT2D eigenvalue weighted by atomic mass is 10.2. The van der Waals surface area contributed by atoms with Crippen LogP contribution in [0.25, 0.3) is 0 Å². The standard InChI is InChI=1S/C12H23N5O2/c1-9(2)19-12-15-10(13)14-11(16-12)17(3)7-5-4-6-8-18/h9,18H,4-8H2,1-3H3,(H2,13,14,15,16). The second-order valence-corrected chi connectivity index (χ2v) is 4.65. The second-order valence-electron chi connectivity index (χ2n) is 4.65. The van der Waals surface area contributed by atoms with E-state index < -0.39 is 0 Å². The number of unbranched alkanes of at least 4 members (excludes halogenated alkanes) is 2. The quantitative estimate of drug-likeness (QED) is 0.675. The SMILES string of the molecule is CC(C)Oc1nc(N)nc(N(C)CCCCCO)n1. The minimum atomic E-state index is -0.00971. The van der Waals surface area contributed by atoms with Crippen LogP contribution in [0.3, 0.4) is 0 Å². The van der Waals surface area contributed by atoms with Crippen LogP contribution in [0.2, 0.25) is 0 Å². The molecule has 0 aliphatic heterocycles. The highest BCUT2D eigenvalue weighted by Gasteiger charge is 2.10. The molecule has 1 aromatic rings.